The van der Waals surface area contributed by atoms with Crippen molar-refractivity contribution in [2.75, 3.05) is 33.4 Å². The molecule has 0 saturated carbocycles. The van der Waals surface area contributed by atoms with Gasteiger partial charge in [0.1, 0.15) is 5.75 Å². The summed E-state index contributed by atoms with van der Waals surface area (Å²) in [5.74, 6) is 0.905. The fourth-order valence-electron chi connectivity index (χ4n) is 2.83. The molecular formula is C17H28N2O2. The Bertz CT molecular complexity index is 421. The first-order chi connectivity index (χ1) is 10.1. The van der Waals surface area contributed by atoms with Crippen LogP contribution >= 0.6 is 0 Å². The number of likely N-dealkylation sites (N-methyl/N-ethyl adjacent to an activating group) is 1. The average Bonchev–Trinajstić information content (AvgIpc) is 2.50. The molecule has 0 spiro atoms. The highest BCUT2D eigenvalue weighted by molar-refractivity contribution is 5.29. The van der Waals surface area contributed by atoms with E-state index in [-0.39, 0.29) is 0 Å². The van der Waals surface area contributed by atoms with Gasteiger partial charge < -0.3 is 14.8 Å². The maximum atomic E-state index is 5.72. The number of morpholine rings is 1. The number of rotatable bonds is 6. The molecule has 3 unspecified atom stereocenters. The lowest BCUT2D eigenvalue weighted by molar-refractivity contribution is -0.0521. The molecule has 0 radical (unpaired) electrons. The Morgan fingerprint density at radius 1 is 1.33 bits per heavy atom. The highest BCUT2D eigenvalue weighted by atomic mass is 16.5. The van der Waals surface area contributed by atoms with Crippen molar-refractivity contribution in [1.82, 2.24) is 10.2 Å². The lowest BCUT2D eigenvalue weighted by Crippen LogP contribution is -2.50. The van der Waals surface area contributed by atoms with Gasteiger partial charge in [-0.25, -0.2) is 0 Å². The molecule has 3 atom stereocenters. The molecule has 2 rings (SSSR count). The van der Waals surface area contributed by atoms with Crippen LogP contribution in [-0.2, 0) is 4.74 Å². The van der Waals surface area contributed by atoms with Crippen LogP contribution in [0.2, 0.25) is 0 Å². The molecule has 4 nitrogen and oxygen atoms in total. The molecule has 0 aromatic heterocycles. The van der Waals surface area contributed by atoms with Crippen molar-refractivity contribution in [3.05, 3.63) is 29.8 Å². The monoisotopic (exact) mass is 292 g/mol. The van der Waals surface area contributed by atoms with Gasteiger partial charge in [0.2, 0.25) is 0 Å². The Morgan fingerprint density at radius 2 is 2.05 bits per heavy atom. The summed E-state index contributed by atoms with van der Waals surface area (Å²) in [7, 11) is 1.70. The first-order valence-electron chi connectivity index (χ1n) is 7.87. The second-order valence-electron chi connectivity index (χ2n) is 5.83. The quantitative estimate of drug-likeness (QED) is 0.873. The molecule has 1 N–H and O–H groups in total. The highest BCUT2D eigenvalue weighted by Gasteiger charge is 2.26. The fraction of sp³-hybridized carbons (Fsp3) is 0.647. The number of hydrogen-bond acceptors (Lipinski definition) is 4. The summed E-state index contributed by atoms with van der Waals surface area (Å²) in [6.45, 7) is 10.3. The van der Waals surface area contributed by atoms with Crippen molar-refractivity contribution < 1.29 is 9.47 Å². The van der Waals surface area contributed by atoms with Gasteiger partial charge in [0.05, 0.1) is 19.8 Å². The first-order valence-corrected chi connectivity index (χ1v) is 7.87. The summed E-state index contributed by atoms with van der Waals surface area (Å²) in [4.78, 5) is 2.52. The number of nitrogens with zero attached hydrogens (tertiary/aromatic N) is 1. The zero-order chi connectivity index (χ0) is 15.2. The third-order valence-electron chi connectivity index (χ3n) is 4.12. The molecule has 1 aromatic carbocycles. The first kappa shape index (κ1) is 16.3. The van der Waals surface area contributed by atoms with Gasteiger partial charge in [-0.15, -0.1) is 0 Å². The van der Waals surface area contributed by atoms with Crippen LogP contribution in [-0.4, -0.2) is 50.4 Å². The summed E-state index contributed by atoms with van der Waals surface area (Å²) in [6, 6.07) is 9.19. The number of methoxy groups -OCH3 is 1. The predicted molar refractivity (Wildman–Crippen MR) is 85.9 cm³/mol. The van der Waals surface area contributed by atoms with Crippen molar-refractivity contribution in [2.45, 2.75) is 39.0 Å². The Labute approximate surface area is 128 Å². The zero-order valence-electron chi connectivity index (χ0n) is 13.6. The number of hydrogen-bond donors (Lipinski definition) is 1. The highest BCUT2D eigenvalue weighted by Crippen LogP contribution is 2.21. The molecule has 118 valence electrons. The van der Waals surface area contributed by atoms with E-state index in [1.165, 1.54) is 5.56 Å². The third kappa shape index (κ3) is 4.43. The second kappa shape index (κ2) is 7.78. The van der Waals surface area contributed by atoms with Crippen LogP contribution in [0, 0.1) is 0 Å². The molecule has 0 amide bonds. The van der Waals surface area contributed by atoms with Crippen LogP contribution < -0.4 is 10.1 Å². The van der Waals surface area contributed by atoms with E-state index in [0.29, 0.717) is 18.2 Å². The number of ether oxygens (including phenoxy) is 2. The molecule has 0 bridgehead atoms. The van der Waals surface area contributed by atoms with Crippen LogP contribution in [0.5, 0.6) is 5.75 Å². The van der Waals surface area contributed by atoms with Crippen LogP contribution in [0.25, 0.3) is 0 Å². The van der Waals surface area contributed by atoms with E-state index in [2.05, 4.69) is 43.1 Å². The van der Waals surface area contributed by atoms with E-state index in [0.717, 1.165) is 32.0 Å². The minimum absolute atomic E-state index is 0.319. The van der Waals surface area contributed by atoms with Crippen LogP contribution in [0.3, 0.4) is 0 Å². The normalized spacial score (nSPS) is 24.8. The molecule has 4 heteroatoms. The maximum absolute atomic E-state index is 5.72. The van der Waals surface area contributed by atoms with E-state index < -0.39 is 0 Å². The van der Waals surface area contributed by atoms with Crippen LogP contribution in [0.15, 0.2) is 24.3 Å². The second-order valence-corrected chi connectivity index (χ2v) is 5.83. The Morgan fingerprint density at radius 3 is 2.67 bits per heavy atom. The van der Waals surface area contributed by atoms with Gasteiger partial charge in [-0.1, -0.05) is 19.1 Å². The van der Waals surface area contributed by atoms with E-state index in [4.69, 9.17) is 9.47 Å². The van der Waals surface area contributed by atoms with Gasteiger partial charge in [0, 0.05) is 25.2 Å². The largest absolute Gasteiger partial charge is 0.497 e. The van der Waals surface area contributed by atoms with Gasteiger partial charge in [0.25, 0.3) is 0 Å². The molecular weight excluding hydrogens is 264 g/mol. The maximum Gasteiger partial charge on any atom is 0.118 e. The summed E-state index contributed by atoms with van der Waals surface area (Å²) in [5.41, 5.74) is 1.31. The standard InChI is InChI=1S/C17H28N2O2/c1-5-18-17(15-6-8-16(20-4)9-7-15)11-19-10-14(3)21-12-13(19)2/h6-9,13-14,17-18H,5,10-12H2,1-4H3. The topological polar surface area (TPSA) is 33.7 Å². The number of nitrogens with one attached hydrogen (secondary N) is 1. The third-order valence-corrected chi connectivity index (χ3v) is 4.12. The van der Waals surface area contributed by atoms with Gasteiger partial charge in [-0.2, -0.15) is 0 Å². The van der Waals surface area contributed by atoms with Crippen molar-refractivity contribution >= 4 is 0 Å². The van der Waals surface area contributed by atoms with Gasteiger partial charge in [-0.05, 0) is 38.1 Å². The smallest absolute Gasteiger partial charge is 0.118 e. The molecule has 1 aliphatic rings. The van der Waals surface area contributed by atoms with Crippen molar-refractivity contribution in [2.24, 2.45) is 0 Å². The Kier molecular flexibility index (Phi) is 6.03. The van der Waals surface area contributed by atoms with Crippen LogP contribution in [0.1, 0.15) is 32.4 Å². The Balaban J connectivity index is 2.06. The molecule has 21 heavy (non-hydrogen) atoms. The van der Waals surface area contributed by atoms with E-state index in [9.17, 15) is 0 Å². The molecule has 1 heterocycles. The zero-order valence-corrected chi connectivity index (χ0v) is 13.6. The van der Waals surface area contributed by atoms with E-state index in [1.807, 2.05) is 12.1 Å². The molecule has 1 saturated heterocycles. The molecule has 1 aromatic rings. The van der Waals surface area contributed by atoms with Gasteiger partial charge in [0.15, 0.2) is 0 Å². The summed E-state index contributed by atoms with van der Waals surface area (Å²) < 4.78 is 11.0. The van der Waals surface area contributed by atoms with E-state index in [1.54, 1.807) is 7.11 Å². The average molecular weight is 292 g/mol. The predicted octanol–water partition coefficient (Wildman–Crippen LogP) is 2.46. The van der Waals surface area contributed by atoms with E-state index >= 15 is 0 Å². The molecule has 1 fully saturated rings. The molecule has 1 aliphatic heterocycles. The van der Waals surface area contributed by atoms with Crippen LogP contribution in [0.4, 0.5) is 0 Å². The lowest BCUT2D eigenvalue weighted by atomic mass is 10.0. The van der Waals surface area contributed by atoms with Gasteiger partial charge in [-0.3, -0.25) is 4.90 Å². The SMILES string of the molecule is CCNC(CN1CC(C)OCC1C)c1ccc(OC)cc1. The lowest BCUT2D eigenvalue weighted by Gasteiger charge is -2.39. The number of benzene rings is 1. The summed E-state index contributed by atoms with van der Waals surface area (Å²) in [6.07, 6.45) is 0.319. The van der Waals surface area contributed by atoms with Crippen molar-refractivity contribution in [1.29, 1.82) is 0 Å². The van der Waals surface area contributed by atoms with Crippen molar-refractivity contribution in [3.63, 3.8) is 0 Å². The molecule has 0 aliphatic carbocycles. The fourth-order valence-corrected chi connectivity index (χ4v) is 2.83. The van der Waals surface area contributed by atoms with Crippen molar-refractivity contribution in [3.8, 4) is 5.75 Å². The van der Waals surface area contributed by atoms with Gasteiger partial charge >= 0.3 is 0 Å². The minimum atomic E-state index is 0.319. The summed E-state index contributed by atoms with van der Waals surface area (Å²) in [5, 5.41) is 3.60. The summed E-state index contributed by atoms with van der Waals surface area (Å²) >= 11 is 0. The Hall–Kier alpha value is -1.10. The minimum Gasteiger partial charge on any atom is -0.497 e.